The van der Waals surface area contributed by atoms with Gasteiger partial charge in [-0.25, -0.2) is 4.79 Å². The summed E-state index contributed by atoms with van der Waals surface area (Å²) in [6.45, 7) is 3.60. The van der Waals surface area contributed by atoms with Crippen molar-refractivity contribution in [3.8, 4) is 6.07 Å². The van der Waals surface area contributed by atoms with E-state index < -0.39 is 18.5 Å². The average Bonchev–Trinajstić information content (AvgIpc) is 3.22. The molecule has 3 rings (SSSR count). The fourth-order valence-electron chi connectivity index (χ4n) is 3.19. The monoisotopic (exact) mass is 391 g/mol. The van der Waals surface area contributed by atoms with Crippen LogP contribution in [0.1, 0.15) is 33.8 Å². The number of furan rings is 1. The summed E-state index contributed by atoms with van der Waals surface area (Å²) < 4.78 is 10.6. The molecule has 29 heavy (non-hydrogen) atoms. The maximum Gasteiger partial charge on any atom is 0.340 e. The van der Waals surface area contributed by atoms with Gasteiger partial charge in [0, 0.05) is 11.9 Å². The topological polar surface area (TPSA) is 96.4 Å². The van der Waals surface area contributed by atoms with Crippen LogP contribution in [0.15, 0.2) is 47.1 Å². The van der Waals surface area contributed by atoms with Gasteiger partial charge in [0.2, 0.25) is 0 Å². The number of aromatic nitrogens is 1. The van der Waals surface area contributed by atoms with Gasteiger partial charge in [-0.3, -0.25) is 9.78 Å². The molecule has 0 unspecified atom stereocenters. The van der Waals surface area contributed by atoms with Gasteiger partial charge in [-0.15, -0.1) is 0 Å². The maximum absolute atomic E-state index is 12.7. The van der Waals surface area contributed by atoms with Gasteiger partial charge in [0.1, 0.15) is 5.76 Å². The SMILES string of the molecule is Cc1nc2ccccc2c(C)c1C(=O)OCC(=O)N(CCC#N)Cc1ccco1. The number of aryl methyl sites for hydroxylation is 2. The number of pyridine rings is 1. The van der Waals surface area contributed by atoms with Crippen LogP contribution in [0.5, 0.6) is 0 Å². The smallest absolute Gasteiger partial charge is 0.340 e. The first-order chi connectivity index (χ1) is 14.0. The molecule has 2 heterocycles. The highest BCUT2D eigenvalue weighted by Gasteiger charge is 2.21. The summed E-state index contributed by atoms with van der Waals surface area (Å²) in [6.07, 6.45) is 1.69. The predicted octanol–water partition coefficient (Wildman–Crippen LogP) is 3.54. The Kier molecular flexibility index (Phi) is 6.25. The van der Waals surface area contributed by atoms with Crippen LogP contribution >= 0.6 is 0 Å². The number of ether oxygens (including phenoxy) is 1. The number of esters is 1. The lowest BCUT2D eigenvalue weighted by molar-refractivity contribution is -0.135. The Bertz CT molecular complexity index is 1070. The van der Waals surface area contributed by atoms with Crippen LogP contribution in [-0.2, 0) is 16.1 Å². The Hall–Kier alpha value is -3.66. The fraction of sp³-hybridized carbons (Fsp3) is 0.273. The quantitative estimate of drug-likeness (QED) is 0.572. The van der Waals surface area contributed by atoms with Gasteiger partial charge < -0.3 is 14.1 Å². The number of benzene rings is 1. The van der Waals surface area contributed by atoms with Gasteiger partial charge in [0.15, 0.2) is 6.61 Å². The van der Waals surface area contributed by atoms with Gasteiger partial charge >= 0.3 is 5.97 Å². The molecule has 7 heteroatoms. The number of carbonyl (C=O) groups is 2. The van der Waals surface area contributed by atoms with Crippen molar-refractivity contribution in [2.24, 2.45) is 0 Å². The molecular weight excluding hydrogens is 370 g/mol. The Morgan fingerprint density at radius 1 is 1.21 bits per heavy atom. The maximum atomic E-state index is 12.7. The van der Waals surface area contributed by atoms with Gasteiger partial charge in [0.05, 0.1) is 42.1 Å². The number of para-hydroxylation sites is 1. The van der Waals surface area contributed by atoms with Crippen LogP contribution in [0.25, 0.3) is 10.9 Å². The lowest BCUT2D eigenvalue weighted by atomic mass is 10.0. The molecule has 0 aliphatic carbocycles. The fourth-order valence-corrected chi connectivity index (χ4v) is 3.19. The molecule has 0 atom stereocenters. The van der Waals surface area contributed by atoms with E-state index in [0.29, 0.717) is 17.0 Å². The molecule has 0 aliphatic rings. The van der Waals surface area contributed by atoms with Crippen molar-refractivity contribution < 1.29 is 18.7 Å². The number of fused-ring (bicyclic) bond motifs is 1. The number of hydrogen-bond acceptors (Lipinski definition) is 6. The molecule has 1 aromatic carbocycles. The lowest BCUT2D eigenvalue weighted by Gasteiger charge is -2.20. The van der Waals surface area contributed by atoms with Gasteiger partial charge in [-0.1, -0.05) is 18.2 Å². The van der Waals surface area contributed by atoms with E-state index in [0.717, 1.165) is 16.5 Å². The number of carbonyl (C=O) groups excluding carboxylic acids is 2. The van der Waals surface area contributed by atoms with Crippen molar-refractivity contribution in [2.45, 2.75) is 26.8 Å². The third-order valence-electron chi connectivity index (χ3n) is 4.64. The molecule has 3 aromatic rings. The van der Waals surface area contributed by atoms with Gasteiger partial charge in [0.25, 0.3) is 5.91 Å². The summed E-state index contributed by atoms with van der Waals surface area (Å²) in [4.78, 5) is 31.2. The van der Waals surface area contributed by atoms with Crippen molar-refractivity contribution in [3.63, 3.8) is 0 Å². The minimum Gasteiger partial charge on any atom is -0.467 e. The molecule has 0 spiro atoms. The Morgan fingerprint density at radius 3 is 2.72 bits per heavy atom. The van der Waals surface area contributed by atoms with E-state index in [-0.39, 0.29) is 19.5 Å². The first-order valence-electron chi connectivity index (χ1n) is 9.21. The highest BCUT2D eigenvalue weighted by Crippen LogP contribution is 2.23. The van der Waals surface area contributed by atoms with Crippen LogP contribution in [-0.4, -0.2) is 34.9 Å². The Labute approximate surface area is 168 Å². The zero-order chi connectivity index (χ0) is 20.8. The standard InChI is InChI=1S/C22H21N3O4/c1-15-18-8-3-4-9-19(18)24-16(2)21(15)22(27)29-14-20(26)25(11-6-10-23)13-17-7-5-12-28-17/h3-5,7-9,12H,6,11,13-14H2,1-2H3. The molecule has 148 valence electrons. The molecular formula is C22H21N3O4. The summed E-state index contributed by atoms with van der Waals surface area (Å²) >= 11 is 0. The second-order valence-corrected chi connectivity index (χ2v) is 6.59. The molecule has 2 aromatic heterocycles. The largest absolute Gasteiger partial charge is 0.467 e. The number of amides is 1. The third kappa shape index (κ3) is 4.61. The van der Waals surface area contributed by atoms with Crippen LogP contribution in [0.4, 0.5) is 0 Å². The highest BCUT2D eigenvalue weighted by molar-refractivity contribution is 5.99. The average molecular weight is 391 g/mol. The van der Waals surface area contributed by atoms with Crippen molar-refractivity contribution in [1.29, 1.82) is 5.26 Å². The minimum atomic E-state index is -0.593. The summed E-state index contributed by atoms with van der Waals surface area (Å²) in [5, 5.41) is 9.70. The molecule has 0 aliphatic heterocycles. The van der Waals surface area contributed by atoms with E-state index in [2.05, 4.69) is 4.98 Å². The van der Waals surface area contributed by atoms with E-state index in [1.54, 1.807) is 19.1 Å². The zero-order valence-corrected chi connectivity index (χ0v) is 16.3. The summed E-state index contributed by atoms with van der Waals surface area (Å²) in [5.74, 6) is -0.396. The Morgan fingerprint density at radius 2 is 2.00 bits per heavy atom. The van der Waals surface area contributed by atoms with E-state index in [9.17, 15) is 9.59 Å². The molecule has 0 saturated carbocycles. The number of nitriles is 1. The Balaban J connectivity index is 1.72. The molecule has 0 N–H and O–H groups in total. The van der Waals surface area contributed by atoms with Gasteiger partial charge in [-0.05, 0) is 37.6 Å². The normalized spacial score (nSPS) is 10.5. The highest BCUT2D eigenvalue weighted by atomic mass is 16.5. The van der Waals surface area contributed by atoms with Crippen LogP contribution in [0, 0.1) is 25.2 Å². The van der Waals surface area contributed by atoms with Crippen molar-refractivity contribution in [2.75, 3.05) is 13.2 Å². The molecule has 0 bridgehead atoms. The van der Waals surface area contributed by atoms with E-state index >= 15 is 0 Å². The molecule has 1 amide bonds. The summed E-state index contributed by atoms with van der Waals surface area (Å²) in [6, 6.07) is 13.0. The van der Waals surface area contributed by atoms with Gasteiger partial charge in [-0.2, -0.15) is 5.26 Å². The molecule has 0 saturated heterocycles. The summed E-state index contributed by atoms with van der Waals surface area (Å²) in [7, 11) is 0. The first-order valence-corrected chi connectivity index (χ1v) is 9.21. The van der Waals surface area contributed by atoms with E-state index in [1.807, 2.05) is 37.3 Å². The lowest BCUT2D eigenvalue weighted by Crippen LogP contribution is -2.35. The second-order valence-electron chi connectivity index (χ2n) is 6.59. The number of nitrogens with zero attached hydrogens (tertiary/aromatic N) is 3. The second kappa shape index (κ2) is 9.02. The van der Waals surface area contributed by atoms with Crippen LogP contribution in [0.2, 0.25) is 0 Å². The zero-order valence-electron chi connectivity index (χ0n) is 16.3. The van der Waals surface area contributed by atoms with Crippen LogP contribution in [0.3, 0.4) is 0 Å². The van der Waals surface area contributed by atoms with E-state index in [1.165, 1.54) is 11.2 Å². The van der Waals surface area contributed by atoms with Crippen molar-refractivity contribution in [1.82, 2.24) is 9.88 Å². The van der Waals surface area contributed by atoms with Crippen molar-refractivity contribution >= 4 is 22.8 Å². The predicted molar refractivity (Wildman–Crippen MR) is 106 cm³/mol. The summed E-state index contributed by atoms with van der Waals surface area (Å²) in [5.41, 5.74) is 2.49. The number of rotatable bonds is 7. The molecule has 7 nitrogen and oxygen atoms in total. The van der Waals surface area contributed by atoms with Crippen molar-refractivity contribution in [3.05, 3.63) is 65.2 Å². The van der Waals surface area contributed by atoms with Crippen LogP contribution < -0.4 is 0 Å². The molecule has 0 radical (unpaired) electrons. The molecule has 0 fully saturated rings. The third-order valence-corrected chi connectivity index (χ3v) is 4.64. The minimum absolute atomic E-state index is 0.174. The van der Waals surface area contributed by atoms with E-state index in [4.69, 9.17) is 14.4 Å². The first kappa shape index (κ1) is 20.1. The number of hydrogen-bond donors (Lipinski definition) is 0.